The summed E-state index contributed by atoms with van der Waals surface area (Å²) in [7, 11) is 0. The fourth-order valence-electron chi connectivity index (χ4n) is 2.81. The molecule has 1 aromatic rings. The van der Waals surface area contributed by atoms with Crippen molar-refractivity contribution in [1.29, 1.82) is 0 Å². The molecule has 0 saturated heterocycles. The summed E-state index contributed by atoms with van der Waals surface area (Å²) in [4.78, 5) is 23.6. The summed E-state index contributed by atoms with van der Waals surface area (Å²) in [6.45, 7) is 0.596. The van der Waals surface area contributed by atoms with Crippen molar-refractivity contribution in [2.45, 2.75) is 44.7 Å². The largest absolute Gasteiger partial charge is 0.454 e. The van der Waals surface area contributed by atoms with Crippen LogP contribution in [0.2, 0.25) is 0 Å². The number of carbonyl (C=O) groups is 2. The number of benzene rings is 1. The zero-order valence-corrected chi connectivity index (χ0v) is 12.4. The fraction of sp³-hybridized carbons (Fsp3) is 0.500. The van der Waals surface area contributed by atoms with E-state index in [1.54, 1.807) is 0 Å². The molecule has 1 aliphatic heterocycles. The van der Waals surface area contributed by atoms with Gasteiger partial charge in [-0.15, -0.1) is 0 Å². The zero-order valence-electron chi connectivity index (χ0n) is 12.4. The number of nitrogens with one attached hydrogen (secondary N) is 2. The van der Waals surface area contributed by atoms with Crippen molar-refractivity contribution in [3.8, 4) is 11.5 Å². The number of ether oxygens (including phenoxy) is 2. The molecule has 6 heteroatoms. The Bertz CT molecular complexity index is 567. The molecule has 0 aromatic heterocycles. The minimum Gasteiger partial charge on any atom is -0.454 e. The van der Waals surface area contributed by atoms with E-state index in [0.29, 0.717) is 18.0 Å². The van der Waals surface area contributed by atoms with Crippen LogP contribution in [0.4, 0.5) is 0 Å². The van der Waals surface area contributed by atoms with Crippen LogP contribution < -0.4 is 20.1 Å². The average molecular weight is 304 g/mol. The molecule has 3 rings (SSSR count). The molecule has 118 valence electrons. The highest BCUT2D eigenvalue weighted by atomic mass is 16.7. The van der Waals surface area contributed by atoms with Crippen molar-refractivity contribution in [2.24, 2.45) is 0 Å². The molecule has 2 N–H and O–H groups in total. The Balaban J connectivity index is 1.42. The summed E-state index contributed by atoms with van der Waals surface area (Å²) in [6, 6.07) is 5.76. The van der Waals surface area contributed by atoms with Crippen LogP contribution in [0.25, 0.3) is 0 Å². The van der Waals surface area contributed by atoms with Gasteiger partial charge in [0.05, 0.1) is 0 Å². The van der Waals surface area contributed by atoms with Crippen molar-refractivity contribution in [3.05, 3.63) is 23.8 Å². The topological polar surface area (TPSA) is 76.7 Å². The van der Waals surface area contributed by atoms with E-state index in [-0.39, 0.29) is 31.1 Å². The van der Waals surface area contributed by atoms with E-state index < -0.39 is 0 Å². The highest BCUT2D eigenvalue weighted by Crippen LogP contribution is 2.32. The summed E-state index contributed by atoms with van der Waals surface area (Å²) >= 11 is 0. The first-order chi connectivity index (χ1) is 10.7. The maximum Gasteiger partial charge on any atom is 0.231 e. The van der Waals surface area contributed by atoms with Crippen LogP contribution in [-0.4, -0.2) is 24.6 Å². The molecule has 2 aliphatic rings. The molecule has 1 saturated carbocycles. The maximum absolute atomic E-state index is 11.8. The van der Waals surface area contributed by atoms with Crippen LogP contribution in [0.5, 0.6) is 11.5 Å². The molecular formula is C16H20N2O4. The van der Waals surface area contributed by atoms with Crippen molar-refractivity contribution in [1.82, 2.24) is 10.6 Å². The maximum atomic E-state index is 11.8. The Hall–Kier alpha value is -2.24. The van der Waals surface area contributed by atoms with Crippen molar-refractivity contribution in [3.63, 3.8) is 0 Å². The lowest BCUT2D eigenvalue weighted by molar-refractivity contribution is -0.129. The number of amides is 2. The summed E-state index contributed by atoms with van der Waals surface area (Å²) < 4.78 is 10.5. The van der Waals surface area contributed by atoms with E-state index in [4.69, 9.17) is 9.47 Å². The predicted molar refractivity (Wildman–Crippen MR) is 79.4 cm³/mol. The van der Waals surface area contributed by atoms with Crippen molar-refractivity contribution < 1.29 is 19.1 Å². The number of hydrogen-bond acceptors (Lipinski definition) is 4. The Morgan fingerprint density at radius 3 is 2.68 bits per heavy atom. The lowest BCUT2D eigenvalue weighted by Gasteiger charge is -2.11. The van der Waals surface area contributed by atoms with E-state index >= 15 is 0 Å². The normalized spacial score (nSPS) is 16.5. The van der Waals surface area contributed by atoms with E-state index in [9.17, 15) is 9.59 Å². The molecular weight excluding hydrogens is 284 g/mol. The summed E-state index contributed by atoms with van der Waals surface area (Å²) in [6.07, 6.45) is 4.22. The first kappa shape index (κ1) is 14.7. The smallest absolute Gasteiger partial charge is 0.231 e. The Morgan fingerprint density at radius 2 is 1.86 bits per heavy atom. The third kappa shape index (κ3) is 3.69. The molecule has 1 aliphatic carbocycles. The first-order valence-corrected chi connectivity index (χ1v) is 7.65. The van der Waals surface area contributed by atoms with Crippen LogP contribution in [0.3, 0.4) is 0 Å². The monoisotopic (exact) mass is 304 g/mol. The fourth-order valence-corrected chi connectivity index (χ4v) is 2.81. The summed E-state index contributed by atoms with van der Waals surface area (Å²) in [5.74, 6) is 0.931. The molecule has 2 amide bonds. The number of rotatable bonds is 5. The Kier molecular flexibility index (Phi) is 4.46. The van der Waals surface area contributed by atoms with E-state index in [1.807, 2.05) is 18.2 Å². The molecule has 22 heavy (non-hydrogen) atoms. The molecule has 1 aromatic carbocycles. The van der Waals surface area contributed by atoms with Crippen LogP contribution in [-0.2, 0) is 16.1 Å². The average Bonchev–Trinajstić information content (AvgIpc) is 3.15. The van der Waals surface area contributed by atoms with E-state index in [1.165, 1.54) is 0 Å². The summed E-state index contributed by atoms with van der Waals surface area (Å²) in [5, 5.41) is 5.66. The SMILES string of the molecule is O=C(CC(=O)NC1CCCC1)NCc1ccc2c(c1)OCO2. The van der Waals surface area contributed by atoms with Gasteiger partial charge in [-0.25, -0.2) is 0 Å². The summed E-state index contributed by atoms with van der Waals surface area (Å²) in [5.41, 5.74) is 0.911. The second-order valence-corrected chi connectivity index (χ2v) is 5.69. The molecule has 0 spiro atoms. The number of hydrogen-bond donors (Lipinski definition) is 2. The molecule has 6 nitrogen and oxygen atoms in total. The quantitative estimate of drug-likeness (QED) is 0.808. The third-order valence-electron chi connectivity index (χ3n) is 3.97. The van der Waals surface area contributed by atoms with Crippen LogP contribution >= 0.6 is 0 Å². The minimum absolute atomic E-state index is 0.124. The lowest BCUT2D eigenvalue weighted by Crippen LogP contribution is -2.36. The van der Waals surface area contributed by atoms with Gasteiger partial charge in [0.2, 0.25) is 18.6 Å². The number of carbonyl (C=O) groups excluding carboxylic acids is 2. The van der Waals surface area contributed by atoms with Crippen molar-refractivity contribution >= 4 is 11.8 Å². The predicted octanol–water partition coefficient (Wildman–Crippen LogP) is 1.48. The van der Waals surface area contributed by atoms with Gasteiger partial charge in [0, 0.05) is 12.6 Å². The highest BCUT2D eigenvalue weighted by molar-refractivity contribution is 5.96. The second-order valence-electron chi connectivity index (χ2n) is 5.69. The molecule has 0 radical (unpaired) electrons. The number of fused-ring (bicyclic) bond motifs is 1. The van der Waals surface area contributed by atoms with Gasteiger partial charge in [-0.1, -0.05) is 18.9 Å². The van der Waals surface area contributed by atoms with E-state index in [2.05, 4.69) is 10.6 Å². The van der Waals surface area contributed by atoms with E-state index in [0.717, 1.165) is 31.2 Å². The van der Waals surface area contributed by atoms with Gasteiger partial charge in [0.1, 0.15) is 6.42 Å². The molecule has 0 atom stereocenters. The zero-order chi connectivity index (χ0) is 15.4. The Morgan fingerprint density at radius 1 is 1.09 bits per heavy atom. The second kappa shape index (κ2) is 6.68. The van der Waals surface area contributed by atoms with Gasteiger partial charge in [-0.05, 0) is 30.5 Å². The standard InChI is InChI=1S/C16H20N2O4/c19-15(8-16(20)18-12-3-1-2-4-12)17-9-11-5-6-13-14(7-11)22-10-21-13/h5-7,12H,1-4,8-10H2,(H,17,19)(H,18,20). The molecule has 1 fully saturated rings. The van der Waals surface area contributed by atoms with Crippen LogP contribution in [0, 0.1) is 0 Å². The van der Waals surface area contributed by atoms with Gasteiger partial charge in [-0.3, -0.25) is 9.59 Å². The highest BCUT2D eigenvalue weighted by Gasteiger charge is 2.19. The van der Waals surface area contributed by atoms with Crippen LogP contribution in [0.15, 0.2) is 18.2 Å². The molecule has 1 heterocycles. The Labute approximate surface area is 129 Å². The van der Waals surface area contributed by atoms with Crippen molar-refractivity contribution in [2.75, 3.05) is 6.79 Å². The van der Waals surface area contributed by atoms with Gasteiger partial charge in [-0.2, -0.15) is 0 Å². The molecule has 0 unspecified atom stereocenters. The first-order valence-electron chi connectivity index (χ1n) is 7.65. The lowest BCUT2D eigenvalue weighted by atomic mass is 10.2. The minimum atomic E-state index is -0.270. The van der Waals surface area contributed by atoms with Gasteiger partial charge >= 0.3 is 0 Å². The molecule has 0 bridgehead atoms. The van der Waals surface area contributed by atoms with Crippen LogP contribution in [0.1, 0.15) is 37.7 Å². The van der Waals surface area contributed by atoms with Gasteiger partial charge in [0.25, 0.3) is 0 Å². The third-order valence-corrected chi connectivity index (χ3v) is 3.97. The van der Waals surface area contributed by atoms with Gasteiger partial charge in [0.15, 0.2) is 11.5 Å². The van der Waals surface area contributed by atoms with Gasteiger partial charge < -0.3 is 20.1 Å².